The van der Waals surface area contributed by atoms with E-state index in [0.717, 1.165) is 32.2 Å². The average molecular weight is 277 g/mol. The first-order valence-electron chi connectivity index (χ1n) is 7.23. The third kappa shape index (κ3) is 7.22. The van der Waals surface area contributed by atoms with Gasteiger partial charge in [-0.3, -0.25) is 4.79 Å². The summed E-state index contributed by atoms with van der Waals surface area (Å²) in [5, 5.41) is 3.20. The van der Waals surface area contributed by atoms with Crippen molar-refractivity contribution in [3.63, 3.8) is 0 Å². The van der Waals surface area contributed by atoms with E-state index in [1.165, 1.54) is 25.7 Å². The molecule has 2 unspecified atom stereocenters. The topological polar surface area (TPSA) is 55.1 Å². The molecule has 0 heterocycles. The lowest BCUT2D eigenvalue weighted by Gasteiger charge is -2.29. The molecular formula is C14H29ClN2O. The molecule has 18 heavy (non-hydrogen) atoms. The van der Waals surface area contributed by atoms with Crippen molar-refractivity contribution in [3.05, 3.63) is 0 Å². The number of nitrogens with one attached hydrogen (secondary N) is 1. The molecule has 0 aromatic carbocycles. The van der Waals surface area contributed by atoms with Gasteiger partial charge in [0.1, 0.15) is 0 Å². The number of hydrogen-bond acceptors (Lipinski definition) is 2. The molecule has 0 bridgehead atoms. The standard InChI is InChI=1S/C14H28N2O.ClH/c1-12-8-5-6-9-13(12)16-14(17)10-4-2-3-7-11-15;/h12-13H,2-11,15H2,1H3,(H,16,17);1H. The van der Waals surface area contributed by atoms with E-state index in [4.69, 9.17) is 5.73 Å². The second kappa shape index (κ2) is 10.6. The Kier molecular flexibility index (Phi) is 10.5. The summed E-state index contributed by atoms with van der Waals surface area (Å²) < 4.78 is 0. The predicted molar refractivity (Wildman–Crippen MR) is 79.0 cm³/mol. The van der Waals surface area contributed by atoms with Crippen LogP contribution in [0.3, 0.4) is 0 Å². The third-order valence-corrected chi connectivity index (χ3v) is 3.82. The summed E-state index contributed by atoms with van der Waals surface area (Å²) in [7, 11) is 0. The average Bonchev–Trinajstić information content (AvgIpc) is 2.32. The van der Waals surface area contributed by atoms with Crippen molar-refractivity contribution in [2.24, 2.45) is 11.7 Å². The zero-order valence-electron chi connectivity index (χ0n) is 11.6. The maximum Gasteiger partial charge on any atom is 0.220 e. The maximum atomic E-state index is 11.8. The first-order valence-corrected chi connectivity index (χ1v) is 7.23. The second-order valence-electron chi connectivity index (χ2n) is 5.39. The molecule has 4 heteroatoms. The van der Waals surface area contributed by atoms with Gasteiger partial charge in [0.05, 0.1) is 0 Å². The summed E-state index contributed by atoms with van der Waals surface area (Å²) in [5.41, 5.74) is 5.43. The van der Waals surface area contributed by atoms with Crippen LogP contribution in [0.15, 0.2) is 0 Å². The lowest BCUT2D eigenvalue weighted by Crippen LogP contribution is -2.40. The molecule has 1 aliphatic carbocycles. The number of amides is 1. The molecule has 1 aliphatic rings. The maximum absolute atomic E-state index is 11.8. The molecule has 0 saturated heterocycles. The van der Waals surface area contributed by atoms with Gasteiger partial charge in [-0.2, -0.15) is 0 Å². The van der Waals surface area contributed by atoms with Crippen molar-refractivity contribution < 1.29 is 4.79 Å². The fraction of sp³-hybridized carbons (Fsp3) is 0.929. The molecule has 0 spiro atoms. The summed E-state index contributed by atoms with van der Waals surface area (Å²) in [5.74, 6) is 0.904. The van der Waals surface area contributed by atoms with Gasteiger partial charge in [-0.1, -0.05) is 32.6 Å². The van der Waals surface area contributed by atoms with E-state index in [9.17, 15) is 4.79 Å². The third-order valence-electron chi connectivity index (χ3n) is 3.82. The molecule has 1 saturated carbocycles. The van der Waals surface area contributed by atoms with E-state index < -0.39 is 0 Å². The molecule has 2 atom stereocenters. The molecule has 3 N–H and O–H groups in total. The summed E-state index contributed by atoms with van der Waals surface area (Å²) in [6.45, 7) is 3.02. The zero-order chi connectivity index (χ0) is 12.5. The molecule has 0 aromatic heterocycles. The van der Waals surface area contributed by atoms with E-state index in [1.54, 1.807) is 0 Å². The highest BCUT2D eigenvalue weighted by molar-refractivity contribution is 5.85. The lowest BCUT2D eigenvalue weighted by atomic mass is 9.86. The highest BCUT2D eigenvalue weighted by Gasteiger charge is 2.22. The van der Waals surface area contributed by atoms with E-state index in [0.29, 0.717) is 18.4 Å². The van der Waals surface area contributed by atoms with Crippen molar-refractivity contribution in [1.82, 2.24) is 5.32 Å². The quantitative estimate of drug-likeness (QED) is 0.703. The number of rotatable bonds is 7. The van der Waals surface area contributed by atoms with Crippen LogP contribution in [0, 0.1) is 5.92 Å². The van der Waals surface area contributed by atoms with Crippen molar-refractivity contribution in [2.45, 2.75) is 70.8 Å². The first kappa shape index (κ1) is 17.7. The van der Waals surface area contributed by atoms with Gasteiger partial charge in [0.2, 0.25) is 5.91 Å². The molecule has 108 valence electrons. The van der Waals surface area contributed by atoms with Gasteiger partial charge >= 0.3 is 0 Å². The molecule has 1 rings (SSSR count). The first-order chi connectivity index (χ1) is 8.24. The predicted octanol–water partition coefficient (Wildman–Crippen LogP) is 3.01. The minimum Gasteiger partial charge on any atom is -0.353 e. The summed E-state index contributed by atoms with van der Waals surface area (Å²) >= 11 is 0. The number of carbonyl (C=O) groups excluding carboxylic acids is 1. The Balaban J connectivity index is 0.00000289. The summed E-state index contributed by atoms with van der Waals surface area (Å²) in [6, 6.07) is 0.431. The Bertz CT molecular complexity index is 224. The molecule has 1 amide bonds. The van der Waals surface area contributed by atoms with Gasteiger partial charge in [-0.15, -0.1) is 12.4 Å². The number of carbonyl (C=O) groups is 1. The summed E-state index contributed by atoms with van der Waals surface area (Å²) in [4.78, 5) is 11.8. The van der Waals surface area contributed by atoms with Gasteiger partial charge in [0.25, 0.3) is 0 Å². The lowest BCUT2D eigenvalue weighted by molar-refractivity contribution is -0.122. The van der Waals surface area contributed by atoms with Crippen LogP contribution in [-0.2, 0) is 4.79 Å². The van der Waals surface area contributed by atoms with Crippen LogP contribution in [0.4, 0.5) is 0 Å². The molecular weight excluding hydrogens is 248 g/mol. The molecule has 3 nitrogen and oxygen atoms in total. The van der Waals surface area contributed by atoms with Gasteiger partial charge < -0.3 is 11.1 Å². The Morgan fingerprint density at radius 3 is 2.50 bits per heavy atom. The van der Waals surface area contributed by atoms with Crippen LogP contribution in [0.25, 0.3) is 0 Å². The van der Waals surface area contributed by atoms with Gasteiger partial charge in [-0.25, -0.2) is 0 Å². The van der Waals surface area contributed by atoms with Gasteiger partial charge in [0, 0.05) is 12.5 Å². The highest BCUT2D eigenvalue weighted by Crippen LogP contribution is 2.23. The molecule has 0 aliphatic heterocycles. The van der Waals surface area contributed by atoms with Crippen LogP contribution in [0.2, 0.25) is 0 Å². The fourth-order valence-electron chi connectivity index (χ4n) is 2.59. The molecule has 0 aromatic rings. The number of hydrogen-bond donors (Lipinski definition) is 2. The normalized spacial score (nSPS) is 23.2. The Morgan fingerprint density at radius 1 is 1.17 bits per heavy atom. The van der Waals surface area contributed by atoms with Gasteiger partial charge in [-0.05, 0) is 38.1 Å². The van der Waals surface area contributed by atoms with Crippen molar-refractivity contribution in [2.75, 3.05) is 6.54 Å². The van der Waals surface area contributed by atoms with E-state index in [2.05, 4.69) is 12.2 Å². The SMILES string of the molecule is CC1CCCCC1NC(=O)CCCCCCN.Cl. The number of unbranched alkanes of at least 4 members (excludes halogenated alkanes) is 3. The van der Waals surface area contributed by atoms with E-state index in [-0.39, 0.29) is 18.3 Å². The van der Waals surface area contributed by atoms with E-state index >= 15 is 0 Å². The smallest absolute Gasteiger partial charge is 0.220 e. The second-order valence-corrected chi connectivity index (χ2v) is 5.39. The van der Waals surface area contributed by atoms with Crippen LogP contribution in [-0.4, -0.2) is 18.5 Å². The Morgan fingerprint density at radius 2 is 1.83 bits per heavy atom. The minimum atomic E-state index is 0. The Hall–Kier alpha value is -0.280. The van der Waals surface area contributed by atoms with Crippen LogP contribution < -0.4 is 11.1 Å². The van der Waals surface area contributed by atoms with Crippen molar-refractivity contribution in [1.29, 1.82) is 0 Å². The minimum absolute atomic E-state index is 0. The van der Waals surface area contributed by atoms with Crippen molar-refractivity contribution >= 4 is 18.3 Å². The largest absolute Gasteiger partial charge is 0.353 e. The van der Waals surface area contributed by atoms with Crippen LogP contribution >= 0.6 is 12.4 Å². The number of nitrogens with two attached hydrogens (primary N) is 1. The number of halogens is 1. The Labute approximate surface area is 118 Å². The van der Waals surface area contributed by atoms with Crippen LogP contribution in [0.1, 0.15) is 64.7 Å². The molecule has 1 fully saturated rings. The zero-order valence-corrected chi connectivity index (χ0v) is 12.4. The van der Waals surface area contributed by atoms with Crippen molar-refractivity contribution in [3.8, 4) is 0 Å². The highest BCUT2D eigenvalue weighted by atomic mass is 35.5. The van der Waals surface area contributed by atoms with Crippen LogP contribution in [0.5, 0.6) is 0 Å². The van der Waals surface area contributed by atoms with E-state index in [1.807, 2.05) is 0 Å². The summed E-state index contributed by atoms with van der Waals surface area (Å²) in [6.07, 6.45) is 10.1. The molecule has 0 radical (unpaired) electrons. The van der Waals surface area contributed by atoms with Gasteiger partial charge in [0.15, 0.2) is 0 Å². The fourth-order valence-corrected chi connectivity index (χ4v) is 2.59. The monoisotopic (exact) mass is 276 g/mol.